The Morgan fingerprint density at radius 3 is 2.35 bits per heavy atom. The van der Waals surface area contributed by atoms with E-state index in [9.17, 15) is 19.7 Å². The van der Waals surface area contributed by atoms with E-state index in [0.29, 0.717) is 10.5 Å². The van der Waals surface area contributed by atoms with Crippen molar-refractivity contribution in [1.82, 2.24) is 9.47 Å². The number of rotatable bonds is 5. The molecule has 0 aliphatic carbocycles. The third-order valence-electron chi connectivity index (χ3n) is 5.13. The van der Waals surface area contributed by atoms with E-state index in [1.54, 1.807) is 18.2 Å². The minimum absolute atomic E-state index is 0.0356. The summed E-state index contributed by atoms with van der Waals surface area (Å²) in [7, 11) is 0. The van der Waals surface area contributed by atoms with Crippen LogP contribution in [0.15, 0.2) is 65.6 Å². The van der Waals surface area contributed by atoms with Crippen molar-refractivity contribution in [2.75, 3.05) is 0 Å². The Labute approximate surface area is 183 Å². The zero-order chi connectivity index (χ0) is 22.1. The zero-order valence-electron chi connectivity index (χ0n) is 16.9. The first-order chi connectivity index (χ1) is 14.8. The van der Waals surface area contributed by atoms with Gasteiger partial charge in [-0.1, -0.05) is 30.3 Å². The number of amides is 2. The van der Waals surface area contributed by atoms with E-state index in [2.05, 4.69) is 4.57 Å². The number of aromatic nitrogens is 1. The number of hydrogen-bond acceptors (Lipinski definition) is 5. The van der Waals surface area contributed by atoms with Gasteiger partial charge >= 0.3 is 0 Å². The smallest absolute Gasteiger partial charge is 0.293 e. The van der Waals surface area contributed by atoms with Crippen LogP contribution in [0.25, 0.3) is 11.8 Å². The van der Waals surface area contributed by atoms with Crippen molar-refractivity contribution in [3.8, 4) is 5.69 Å². The molecule has 0 radical (unpaired) electrons. The molecule has 0 atom stereocenters. The Hall–Kier alpha value is -3.65. The number of imide groups is 1. The van der Waals surface area contributed by atoms with Crippen molar-refractivity contribution in [2.45, 2.75) is 20.4 Å². The molecule has 0 N–H and O–H groups in total. The number of hydrogen-bond donors (Lipinski definition) is 0. The second kappa shape index (κ2) is 8.23. The first-order valence-corrected chi connectivity index (χ1v) is 10.4. The molecule has 1 fully saturated rings. The predicted octanol–water partition coefficient (Wildman–Crippen LogP) is 5.24. The van der Waals surface area contributed by atoms with Crippen LogP contribution in [-0.2, 0) is 11.3 Å². The minimum atomic E-state index is -0.488. The molecule has 2 heterocycles. The lowest BCUT2D eigenvalue weighted by Gasteiger charge is -2.12. The molecule has 0 bridgehead atoms. The Morgan fingerprint density at radius 1 is 1.03 bits per heavy atom. The first-order valence-electron chi connectivity index (χ1n) is 9.58. The summed E-state index contributed by atoms with van der Waals surface area (Å²) in [5, 5.41) is 10.4. The van der Waals surface area contributed by atoms with Gasteiger partial charge in [-0.2, -0.15) is 0 Å². The topological polar surface area (TPSA) is 85.5 Å². The summed E-state index contributed by atoms with van der Waals surface area (Å²) in [6.07, 6.45) is 1.75. The lowest BCUT2D eigenvalue weighted by atomic mass is 10.2. The van der Waals surface area contributed by atoms with Gasteiger partial charge in [-0.3, -0.25) is 24.6 Å². The number of carbonyl (C=O) groups is 2. The molecule has 2 amide bonds. The lowest BCUT2D eigenvalue weighted by molar-refractivity contribution is -0.384. The van der Waals surface area contributed by atoms with Crippen molar-refractivity contribution < 1.29 is 14.5 Å². The van der Waals surface area contributed by atoms with Gasteiger partial charge in [-0.15, -0.1) is 0 Å². The van der Waals surface area contributed by atoms with Gasteiger partial charge in [0.15, 0.2) is 0 Å². The molecule has 3 aromatic rings. The molecule has 31 heavy (non-hydrogen) atoms. The highest BCUT2D eigenvalue weighted by molar-refractivity contribution is 8.18. The number of non-ortho nitro benzene ring substituents is 1. The molecule has 1 aliphatic heterocycles. The first kappa shape index (κ1) is 20.6. The van der Waals surface area contributed by atoms with E-state index in [-0.39, 0.29) is 23.4 Å². The number of nitro groups is 1. The standard InChI is InChI=1S/C23H19N3O4S/c1-15-12-18(16(2)25(15)19-6-4-3-5-7-19)13-21-22(27)24(23(28)31-21)14-17-8-10-20(11-9-17)26(29)30/h3-13H,14H2,1-2H3/b21-13+. The van der Waals surface area contributed by atoms with Gasteiger partial charge in [0, 0.05) is 29.2 Å². The van der Waals surface area contributed by atoms with Gasteiger partial charge < -0.3 is 4.57 Å². The maximum atomic E-state index is 12.9. The van der Waals surface area contributed by atoms with Gasteiger partial charge in [-0.25, -0.2) is 0 Å². The van der Waals surface area contributed by atoms with Crippen LogP contribution in [0.1, 0.15) is 22.5 Å². The molecule has 1 aromatic heterocycles. The quantitative estimate of drug-likeness (QED) is 0.312. The van der Waals surface area contributed by atoms with Gasteiger partial charge in [-0.05, 0) is 61.0 Å². The molecule has 156 valence electrons. The summed E-state index contributed by atoms with van der Waals surface area (Å²) in [5.41, 5.74) is 4.53. The van der Waals surface area contributed by atoms with Crippen LogP contribution in [0.5, 0.6) is 0 Å². The van der Waals surface area contributed by atoms with Crippen LogP contribution >= 0.6 is 11.8 Å². The van der Waals surface area contributed by atoms with Crippen LogP contribution in [0.3, 0.4) is 0 Å². The Bertz CT molecular complexity index is 1210. The van der Waals surface area contributed by atoms with E-state index in [0.717, 1.165) is 39.3 Å². The number of nitro benzene ring substituents is 1. The highest BCUT2D eigenvalue weighted by Gasteiger charge is 2.35. The molecular weight excluding hydrogens is 414 g/mol. The average molecular weight is 433 g/mol. The molecule has 0 unspecified atom stereocenters. The SMILES string of the molecule is Cc1cc(/C=C2/SC(=O)N(Cc3ccc([N+](=O)[O-])cc3)C2=O)c(C)n1-c1ccccc1. The third-order valence-corrected chi connectivity index (χ3v) is 6.04. The maximum absolute atomic E-state index is 12.9. The lowest BCUT2D eigenvalue weighted by Crippen LogP contribution is -2.27. The van der Waals surface area contributed by atoms with Crippen molar-refractivity contribution >= 4 is 34.7 Å². The normalized spacial score (nSPS) is 15.2. The van der Waals surface area contributed by atoms with Gasteiger partial charge in [0.2, 0.25) is 0 Å². The Morgan fingerprint density at radius 2 is 1.71 bits per heavy atom. The molecule has 0 spiro atoms. The fourth-order valence-electron chi connectivity index (χ4n) is 3.59. The van der Waals surface area contributed by atoms with Crippen LogP contribution in [-0.4, -0.2) is 25.5 Å². The number of para-hydroxylation sites is 1. The predicted molar refractivity (Wildman–Crippen MR) is 120 cm³/mol. The summed E-state index contributed by atoms with van der Waals surface area (Å²) in [6, 6.07) is 17.8. The second-order valence-electron chi connectivity index (χ2n) is 7.19. The third kappa shape index (κ3) is 4.02. The van der Waals surface area contributed by atoms with Crippen molar-refractivity contribution in [1.29, 1.82) is 0 Å². The Kier molecular flexibility index (Phi) is 5.48. The Balaban J connectivity index is 1.58. The summed E-state index contributed by atoms with van der Waals surface area (Å²) in [4.78, 5) is 37.2. The van der Waals surface area contributed by atoms with Gasteiger partial charge in [0.05, 0.1) is 16.4 Å². The monoisotopic (exact) mass is 433 g/mol. The van der Waals surface area contributed by atoms with Crippen molar-refractivity contribution in [3.63, 3.8) is 0 Å². The van der Waals surface area contributed by atoms with Crippen molar-refractivity contribution in [2.24, 2.45) is 0 Å². The molecule has 8 heteroatoms. The average Bonchev–Trinajstić information content (AvgIpc) is 3.18. The van der Waals surface area contributed by atoms with E-state index < -0.39 is 4.92 Å². The van der Waals surface area contributed by atoms with E-state index >= 15 is 0 Å². The molecule has 1 aliphatic rings. The number of benzene rings is 2. The number of thioether (sulfide) groups is 1. The number of carbonyl (C=O) groups excluding carboxylic acids is 2. The number of nitrogens with zero attached hydrogens (tertiary/aromatic N) is 3. The molecule has 7 nitrogen and oxygen atoms in total. The van der Waals surface area contributed by atoms with E-state index in [1.807, 2.05) is 50.2 Å². The fourth-order valence-corrected chi connectivity index (χ4v) is 4.42. The largest absolute Gasteiger partial charge is 0.318 e. The minimum Gasteiger partial charge on any atom is -0.318 e. The highest BCUT2D eigenvalue weighted by Crippen LogP contribution is 2.34. The van der Waals surface area contributed by atoms with E-state index in [4.69, 9.17) is 0 Å². The van der Waals surface area contributed by atoms with Crippen molar-refractivity contribution in [3.05, 3.63) is 98.2 Å². The molecule has 0 saturated carbocycles. The van der Waals surface area contributed by atoms with Gasteiger partial charge in [0.25, 0.3) is 16.8 Å². The molecule has 4 rings (SSSR count). The second-order valence-corrected chi connectivity index (χ2v) is 8.18. The molecule has 1 saturated heterocycles. The van der Waals surface area contributed by atoms with Crippen LogP contribution in [0, 0.1) is 24.0 Å². The zero-order valence-corrected chi connectivity index (χ0v) is 17.8. The summed E-state index contributed by atoms with van der Waals surface area (Å²) < 4.78 is 2.10. The highest BCUT2D eigenvalue weighted by atomic mass is 32.2. The number of aryl methyl sites for hydroxylation is 1. The summed E-state index contributed by atoms with van der Waals surface area (Å²) in [5.74, 6) is -0.363. The fraction of sp³-hybridized carbons (Fsp3) is 0.130. The molecule has 2 aromatic carbocycles. The summed E-state index contributed by atoms with van der Waals surface area (Å²) >= 11 is 0.905. The van der Waals surface area contributed by atoms with Crippen LogP contribution < -0.4 is 0 Å². The summed E-state index contributed by atoms with van der Waals surface area (Å²) in [6.45, 7) is 4.05. The molecular formula is C23H19N3O4S. The maximum Gasteiger partial charge on any atom is 0.293 e. The van der Waals surface area contributed by atoms with E-state index in [1.165, 1.54) is 12.1 Å². The van der Waals surface area contributed by atoms with Crippen LogP contribution in [0.2, 0.25) is 0 Å². The van der Waals surface area contributed by atoms with Crippen LogP contribution in [0.4, 0.5) is 10.5 Å². The van der Waals surface area contributed by atoms with Gasteiger partial charge in [0.1, 0.15) is 0 Å².